The zero-order valence-corrected chi connectivity index (χ0v) is 14.8. The predicted molar refractivity (Wildman–Crippen MR) is 94.7 cm³/mol. The average molecular weight is 355 g/mol. The molecule has 1 aliphatic rings. The molecule has 0 aliphatic carbocycles. The van der Waals surface area contributed by atoms with Crippen molar-refractivity contribution in [1.29, 1.82) is 0 Å². The predicted octanol–water partition coefficient (Wildman–Crippen LogP) is 2.93. The summed E-state index contributed by atoms with van der Waals surface area (Å²) in [4.78, 5) is 26.2. The van der Waals surface area contributed by atoms with Crippen LogP contribution in [0.1, 0.15) is 16.7 Å². The first-order valence-corrected chi connectivity index (χ1v) is 8.33. The molecule has 0 radical (unpaired) electrons. The van der Waals surface area contributed by atoms with Crippen LogP contribution in [0.5, 0.6) is 5.75 Å². The third kappa shape index (κ3) is 3.79. The smallest absolute Gasteiger partial charge is 0.411 e. The Bertz CT molecular complexity index is 790. The molecule has 0 saturated carbocycles. The molecular weight excluding hydrogens is 334 g/mol. The molecule has 0 N–H and O–H groups in total. The lowest BCUT2D eigenvalue weighted by Gasteiger charge is -2.34. The maximum Gasteiger partial charge on any atom is 0.411 e. The molecule has 0 spiro atoms. The van der Waals surface area contributed by atoms with Crippen LogP contribution < -0.4 is 4.74 Å². The van der Waals surface area contributed by atoms with Crippen molar-refractivity contribution in [1.82, 2.24) is 4.90 Å². The average Bonchev–Trinajstić information content (AvgIpc) is 2.70. The summed E-state index contributed by atoms with van der Waals surface area (Å²) < 4.78 is 15.5. The van der Waals surface area contributed by atoms with Gasteiger partial charge in [-0.05, 0) is 28.8 Å². The van der Waals surface area contributed by atoms with Crippen molar-refractivity contribution in [2.75, 3.05) is 14.2 Å². The number of hydrogen-bond acceptors (Lipinski definition) is 5. The Morgan fingerprint density at radius 3 is 2.54 bits per heavy atom. The molecular formula is C20H21NO5. The fraction of sp³-hybridized carbons (Fsp3) is 0.300. The third-order valence-electron chi connectivity index (χ3n) is 4.46. The van der Waals surface area contributed by atoms with Crippen molar-refractivity contribution in [2.24, 2.45) is 0 Å². The van der Waals surface area contributed by atoms with Gasteiger partial charge < -0.3 is 14.2 Å². The molecule has 2 aromatic carbocycles. The Labute approximate surface area is 152 Å². The fourth-order valence-electron chi connectivity index (χ4n) is 3.03. The van der Waals surface area contributed by atoms with Gasteiger partial charge in [0.25, 0.3) is 0 Å². The molecule has 0 fully saturated rings. The van der Waals surface area contributed by atoms with Crippen molar-refractivity contribution >= 4 is 12.1 Å². The van der Waals surface area contributed by atoms with E-state index in [-0.39, 0.29) is 13.2 Å². The molecule has 6 nitrogen and oxygen atoms in total. The number of hydrogen-bond donors (Lipinski definition) is 0. The van der Waals surface area contributed by atoms with Gasteiger partial charge in [-0.3, -0.25) is 4.90 Å². The summed E-state index contributed by atoms with van der Waals surface area (Å²) in [6.07, 6.45) is -0.162. The van der Waals surface area contributed by atoms with Crippen LogP contribution >= 0.6 is 0 Å². The SMILES string of the molecule is COC(=O)[C@@H]1Cc2ccc(OC)cc2CN1C(=O)OCc1ccccc1. The standard InChI is InChI=1S/C20H21NO5/c1-24-17-9-8-15-11-18(19(22)25-2)21(12-16(15)10-17)20(23)26-13-14-6-4-3-5-7-14/h3-10,18H,11-13H2,1-2H3/t18-/m0/s1. The Morgan fingerprint density at radius 2 is 1.85 bits per heavy atom. The molecule has 2 aromatic rings. The second-order valence-electron chi connectivity index (χ2n) is 6.05. The van der Waals surface area contributed by atoms with Crippen molar-refractivity contribution in [3.8, 4) is 5.75 Å². The Morgan fingerprint density at radius 1 is 1.08 bits per heavy atom. The van der Waals surface area contributed by atoms with E-state index in [1.165, 1.54) is 12.0 Å². The van der Waals surface area contributed by atoms with E-state index < -0.39 is 18.1 Å². The van der Waals surface area contributed by atoms with Gasteiger partial charge in [-0.25, -0.2) is 9.59 Å². The van der Waals surface area contributed by atoms with E-state index in [1.807, 2.05) is 48.5 Å². The van der Waals surface area contributed by atoms with Crippen LogP contribution in [0.2, 0.25) is 0 Å². The summed E-state index contributed by atoms with van der Waals surface area (Å²) in [5.74, 6) is 0.251. The first-order chi connectivity index (χ1) is 12.6. The van der Waals surface area contributed by atoms with E-state index in [0.29, 0.717) is 12.2 Å². The summed E-state index contributed by atoms with van der Waals surface area (Å²) in [5, 5.41) is 0. The first kappa shape index (κ1) is 17.8. The molecule has 1 atom stereocenters. The highest BCUT2D eigenvalue weighted by Crippen LogP contribution is 2.28. The molecule has 0 unspecified atom stereocenters. The molecule has 1 aliphatic heterocycles. The normalized spacial score (nSPS) is 15.8. The van der Waals surface area contributed by atoms with Crippen molar-refractivity contribution in [3.63, 3.8) is 0 Å². The molecule has 1 amide bonds. The number of nitrogens with zero attached hydrogens (tertiary/aromatic N) is 1. The zero-order valence-electron chi connectivity index (χ0n) is 14.8. The molecule has 1 heterocycles. The van der Waals surface area contributed by atoms with Crippen LogP contribution in [0, 0.1) is 0 Å². The number of benzene rings is 2. The van der Waals surface area contributed by atoms with Crippen LogP contribution in [0.15, 0.2) is 48.5 Å². The number of carbonyl (C=O) groups is 2. The van der Waals surface area contributed by atoms with Gasteiger partial charge >= 0.3 is 12.1 Å². The second-order valence-corrected chi connectivity index (χ2v) is 6.05. The molecule has 3 rings (SSSR count). The number of amides is 1. The monoisotopic (exact) mass is 355 g/mol. The highest BCUT2D eigenvalue weighted by molar-refractivity contribution is 5.82. The quantitative estimate of drug-likeness (QED) is 0.789. The van der Waals surface area contributed by atoms with Crippen LogP contribution in [-0.2, 0) is 33.8 Å². The number of methoxy groups -OCH3 is 2. The highest BCUT2D eigenvalue weighted by atomic mass is 16.6. The summed E-state index contributed by atoms with van der Waals surface area (Å²) in [5.41, 5.74) is 2.81. The van der Waals surface area contributed by atoms with Gasteiger partial charge in [0, 0.05) is 6.42 Å². The van der Waals surface area contributed by atoms with E-state index in [2.05, 4.69) is 0 Å². The van der Waals surface area contributed by atoms with Crippen LogP contribution in [-0.4, -0.2) is 37.2 Å². The van der Waals surface area contributed by atoms with Gasteiger partial charge in [-0.2, -0.15) is 0 Å². The van der Waals surface area contributed by atoms with E-state index in [1.54, 1.807) is 7.11 Å². The fourth-order valence-corrected chi connectivity index (χ4v) is 3.03. The van der Waals surface area contributed by atoms with Gasteiger partial charge in [0.15, 0.2) is 0 Å². The van der Waals surface area contributed by atoms with E-state index >= 15 is 0 Å². The van der Waals surface area contributed by atoms with Crippen LogP contribution in [0.3, 0.4) is 0 Å². The van der Waals surface area contributed by atoms with Crippen molar-refractivity contribution < 1.29 is 23.8 Å². The van der Waals surface area contributed by atoms with Crippen molar-refractivity contribution in [3.05, 3.63) is 65.2 Å². The zero-order chi connectivity index (χ0) is 18.5. The lowest BCUT2D eigenvalue weighted by Crippen LogP contribution is -2.49. The molecule has 0 bridgehead atoms. The minimum Gasteiger partial charge on any atom is -0.497 e. The molecule has 0 aromatic heterocycles. The van der Waals surface area contributed by atoms with Crippen molar-refractivity contribution in [2.45, 2.75) is 25.6 Å². The number of esters is 1. The van der Waals surface area contributed by atoms with E-state index in [4.69, 9.17) is 14.2 Å². The second kappa shape index (κ2) is 7.91. The summed E-state index contributed by atoms with van der Waals surface area (Å²) in [7, 11) is 2.91. The maximum absolute atomic E-state index is 12.6. The summed E-state index contributed by atoms with van der Waals surface area (Å²) in [6, 6.07) is 14.3. The van der Waals surface area contributed by atoms with Gasteiger partial charge in [0.2, 0.25) is 0 Å². The number of rotatable bonds is 4. The van der Waals surface area contributed by atoms with E-state index in [0.717, 1.165) is 16.7 Å². The Hall–Kier alpha value is -3.02. The van der Waals surface area contributed by atoms with E-state index in [9.17, 15) is 9.59 Å². The maximum atomic E-state index is 12.6. The van der Waals surface area contributed by atoms with Gasteiger partial charge in [0.05, 0.1) is 20.8 Å². The topological polar surface area (TPSA) is 65.1 Å². The summed E-state index contributed by atoms with van der Waals surface area (Å²) in [6.45, 7) is 0.412. The summed E-state index contributed by atoms with van der Waals surface area (Å²) >= 11 is 0. The molecule has 136 valence electrons. The lowest BCUT2D eigenvalue weighted by molar-refractivity contribution is -0.147. The molecule has 26 heavy (non-hydrogen) atoms. The minimum atomic E-state index is -0.704. The van der Waals surface area contributed by atoms with Crippen LogP contribution in [0.25, 0.3) is 0 Å². The van der Waals surface area contributed by atoms with Gasteiger partial charge in [0.1, 0.15) is 18.4 Å². The van der Waals surface area contributed by atoms with Gasteiger partial charge in [-0.1, -0.05) is 36.4 Å². The largest absolute Gasteiger partial charge is 0.497 e. The highest BCUT2D eigenvalue weighted by Gasteiger charge is 2.36. The number of fused-ring (bicyclic) bond motifs is 1. The minimum absolute atomic E-state index is 0.148. The van der Waals surface area contributed by atoms with Crippen LogP contribution in [0.4, 0.5) is 4.79 Å². The van der Waals surface area contributed by atoms with Gasteiger partial charge in [-0.15, -0.1) is 0 Å². The molecule has 6 heteroatoms. The Kier molecular flexibility index (Phi) is 5.41. The third-order valence-corrected chi connectivity index (χ3v) is 4.46. The number of carbonyl (C=O) groups excluding carboxylic acids is 2. The first-order valence-electron chi connectivity index (χ1n) is 8.33. The molecule has 0 saturated heterocycles. The Balaban J connectivity index is 1.79. The lowest BCUT2D eigenvalue weighted by atomic mass is 9.94. The number of ether oxygens (including phenoxy) is 3.